The molecule has 0 aliphatic heterocycles. The predicted octanol–water partition coefficient (Wildman–Crippen LogP) is 3.72. The van der Waals surface area contributed by atoms with Crippen LogP contribution in [0.1, 0.15) is 66.7 Å². The number of hydrogen-bond donors (Lipinski definition) is 4. The number of carboxylic acid groups (broad SMARTS) is 1. The lowest BCUT2D eigenvalue weighted by atomic mass is 10.1. The molecule has 8 heteroatoms. The van der Waals surface area contributed by atoms with Crippen LogP contribution in [-0.2, 0) is 14.4 Å². The number of nitrogens with one attached hydrogen (secondary N) is 2. The summed E-state index contributed by atoms with van der Waals surface area (Å²) in [6.45, 7) is 9.93. The number of nitrogens with two attached hydrogens (primary N) is 1. The van der Waals surface area contributed by atoms with Crippen molar-refractivity contribution in [1.29, 1.82) is 0 Å². The van der Waals surface area contributed by atoms with E-state index in [2.05, 4.69) is 51.2 Å². The number of rotatable bonds is 15. The Kier molecular flexibility index (Phi) is 15.5. The van der Waals surface area contributed by atoms with Gasteiger partial charge in [-0.15, -0.1) is 0 Å². The first kappa shape index (κ1) is 28.9. The van der Waals surface area contributed by atoms with Crippen molar-refractivity contribution < 1.29 is 19.5 Å². The van der Waals surface area contributed by atoms with Crippen LogP contribution < -0.4 is 16.6 Å². The van der Waals surface area contributed by atoms with Gasteiger partial charge in [-0.2, -0.15) is 11.8 Å². The fourth-order valence-corrected chi connectivity index (χ4v) is 3.64. The molecule has 0 saturated heterocycles. The Labute approximate surface area is 191 Å². The highest BCUT2D eigenvalue weighted by atomic mass is 32.2. The molecule has 0 aromatic heterocycles. The smallest absolute Gasteiger partial charge is 0.306 e. The minimum absolute atomic E-state index is 0.186. The zero-order valence-corrected chi connectivity index (χ0v) is 20.3. The molecule has 7 nitrogen and oxygen atoms in total. The molecule has 0 heterocycles. The Hall–Kier alpha value is -2.06. The van der Waals surface area contributed by atoms with Crippen LogP contribution >= 0.6 is 11.8 Å². The number of carbonyl (C=O) groups excluding carboxylic acids is 2. The van der Waals surface area contributed by atoms with Gasteiger partial charge in [0, 0.05) is 17.9 Å². The number of allylic oxidation sites excluding steroid dienone is 5. The van der Waals surface area contributed by atoms with Gasteiger partial charge >= 0.3 is 5.97 Å². The maximum absolute atomic E-state index is 12.0. The second kappa shape index (κ2) is 16.6. The first-order chi connectivity index (χ1) is 14.6. The topological polar surface area (TPSA) is 122 Å². The van der Waals surface area contributed by atoms with E-state index < -0.39 is 29.7 Å². The zero-order valence-electron chi connectivity index (χ0n) is 19.5. The standard InChI is InChI=1S/C23H39N3O4S/c1-16(2)8-6-9-17(3)10-7-11-18(4)12-13-31-15-20(22(28)26-24)25-21(27)14-19(5)23(29)30/h8,10,12,19-20H,6-7,9,11,13-15,24H2,1-5H3,(H,25,27)(H,26,28)(H,29,30)/b17-10+,18-12+/t19-,20+/m1/s1. The molecule has 5 N–H and O–H groups in total. The normalized spacial score (nSPS) is 13.9. The molecule has 0 unspecified atom stereocenters. The van der Waals surface area contributed by atoms with E-state index in [0.717, 1.165) is 25.7 Å². The SMILES string of the molecule is CC(C)=CCC/C(C)=C/CC/C(C)=C/CSC[C@H](NC(=O)C[C@@H](C)C(=O)O)C(=O)NN. The maximum Gasteiger partial charge on any atom is 0.306 e. The first-order valence-electron chi connectivity index (χ1n) is 10.6. The van der Waals surface area contributed by atoms with Crippen LogP contribution in [-0.4, -0.2) is 40.4 Å². The summed E-state index contributed by atoms with van der Waals surface area (Å²) in [5, 5.41) is 11.5. The number of amides is 2. The fraction of sp³-hybridized carbons (Fsp3) is 0.609. The summed E-state index contributed by atoms with van der Waals surface area (Å²) < 4.78 is 0. The zero-order chi connectivity index (χ0) is 23.8. The predicted molar refractivity (Wildman–Crippen MR) is 128 cm³/mol. The lowest BCUT2D eigenvalue weighted by molar-refractivity contribution is -0.143. The van der Waals surface area contributed by atoms with Crippen molar-refractivity contribution >= 4 is 29.5 Å². The molecule has 0 aliphatic rings. The molecule has 0 fully saturated rings. The van der Waals surface area contributed by atoms with Crippen LogP contribution in [0.25, 0.3) is 0 Å². The van der Waals surface area contributed by atoms with Crippen LogP contribution in [0.4, 0.5) is 0 Å². The maximum atomic E-state index is 12.0. The van der Waals surface area contributed by atoms with E-state index in [0.29, 0.717) is 11.5 Å². The highest BCUT2D eigenvalue weighted by Crippen LogP contribution is 2.13. The average molecular weight is 454 g/mol. The van der Waals surface area contributed by atoms with Gasteiger partial charge in [-0.3, -0.25) is 19.8 Å². The van der Waals surface area contributed by atoms with Gasteiger partial charge in [0.2, 0.25) is 5.91 Å². The molecular weight excluding hydrogens is 414 g/mol. The summed E-state index contributed by atoms with van der Waals surface area (Å²) in [6.07, 6.45) is 10.6. The third-order valence-electron chi connectivity index (χ3n) is 4.66. The van der Waals surface area contributed by atoms with Crippen LogP contribution in [0.15, 0.2) is 34.9 Å². The molecule has 0 aromatic rings. The van der Waals surface area contributed by atoms with E-state index in [4.69, 9.17) is 10.9 Å². The van der Waals surface area contributed by atoms with Gasteiger partial charge < -0.3 is 10.4 Å². The monoisotopic (exact) mass is 453 g/mol. The Morgan fingerprint density at radius 2 is 1.58 bits per heavy atom. The Morgan fingerprint density at radius 3 is 2.13 bits per heavy atom. The molecule has 0 aliphatic carbocycles. The van der Waals surface area contributed by atoms with Gasteiger partial charge in [-0.05, 0) is 53.4 Å². The van der Waals surface area contributed by atoms with Crippen molar-refractivity contribution in [3.63, 3.8) is 0 Å². The molecule has 2 amide bonds. The summed E-state index contributed by atoms with van der Waals surface area (Å²) in [5.41, 5.74) is 6.08. The van der Waals surface area contributed by atoms with Crippen LogP contribution in [0, 0.1) is 5.92 Å². The molecule has 0 saturated carbocycles. The summed E-state index contributed by atoms with van der Waals surface area (Å²) in [5.74, 6) is 3.41. The number of hydrogen-bond acceptors (Lipinski definition) is 5. The Balaban J connectivity index is 4.40. The third-order valence-corrected chi connectivity index (χ3v) is 5.64. The number of carboxylic acids is 1. The van der Waals surface area contributed by atoms with Gasteiger partial charge in [-0.1, -0.05) is 41.9 Å². The minimum Gasteiger partial charge on any atom is -0.481 e. The van der Waals surface area contributed by atoms with Crippen LogP contribution in [0.3, 0.4) is 0 Å². The second-order valence-electron chi connectivity index (χ2n) is 8.07. The number of aliphatic carboxylic acids is 1. The summed E-state index contributed by atoms with van der Waals surface area (Å²) in [4.78, 5) is 34.8. The lowest BCUT2D eigenvalue weighted by Crippen LogP contribution is -2.50. The molecule has 31 heavy (non-hydrogen) atoms. The summed E-state index contributed by atoms with van der Waals surface area (Å²) in [6, 6.07) is -0.802. The van der Waals surface area contributed by atoms with Gasteiger partial charge in [0.25, 0.3) is 5.91 Å². The highest BCUT2D eigenvalue weighted by molar-refractivity contribution is 7.99. The van der Waals surface area contributed by atoms with E-state index in [9.17, 15) is 14.4 Å². The van der Waals surface area contributed by atoms with E-state index >= 15 is 0 Å². The summed E-state index contributed by atoms with van der Waals surface area (Å²) in [7, 11) is 0. The first-order valence-corrected chi connectivity index (χ1v) is 11.8. The van der Waals surface area contributed by atoms with Crippen molar-refractivity contribution in [2.45, 2.75) is 72.8 Å². The molecule has 2 atom stereocenters. The molecule has 0 rings (SSSR count). The van der Waals surface area contributed by atoms with Crippen molar-refractivity contribution in [3.05, 3.63) is 34.9 Å². The largest absolute Gasteiger partial charge is 0.481 e. The number of carbonyl (C=O) groups is 3. The Bertz CT molecular complexity index is 682. The number of thioether (sulfide) groups is 1. The molecule has 0 aromatic carbocycles. The lowest BCUT2D eigenvalue weighted by Gasteiger charge is -2.17. The van der Waals surface area contributed by atoms with Gasteiger partial charge in [0.15, 0.2) is 0 Å². The van der Waals surface area contributed by atoms with E-state index in [1.807, 2.05) is 5.43 Å². The molecular formula is C23H39N3O4S. The van der Waals surface area contributed by atoms with E-state index in [1.54, 1.807) is 0 Å². The quantitative estimate of drug-likeness (QED) is 0.0985. The molecule has 0 bridgehead atoms. The van der Waals surface area contributed by atoms with Crippen molar-refractivity contribution in [2.24, 2.45) is 11.8 Å². The number of hydrazine groups is 1. The van der Waals surface area contributed by atoms with Crippen molar-refractivity contribution in [1.82, 2.24) is 10.7 Å². The highest BCUT2D eigenvalue weighted by Gasteiger charge is 2.22. The van der Waals surface area contributed by atoms with Crippen LogP contribution in [0.5, 0.6) is 0 Å². The van der Waals surface area contributed by atoms with E-state index in [1.165, 1.54) is 35.4 Å². The third kappa shape index (κ3) is 15.4. The van der Waals surface area contributed by atoms with Crippen molar-refractivity contribution in [3.8, 4) is 0 Å². The minimum atomic E-state index is -1.05. The van der Waals surface area contributed by atoms with Crippen molar-refractivity contribution in [2.75, 3.05) is 11.5 Å². The average Bonchev–Trinajstić information content (AvgIpc) is 2.69. The molecule has 0 spiro atoms. The van der Waals surface area contributed by atoms with Gasteiger partial charge in [0.1, 0.15) is 6.04 Å². The Morgan fingerprint density at radius 1 is 1.00 bits per heavy atom. The fourth-order valence-electron chi connectivity index (χ4n) is 2.63. The van der Waals surface area contributed by atoms with E-state index in [-0.39, 0.29) is 6.42 Å². The van der Waals surface area contributed by atoms with Gasteiger partial charge in [0.05, 0.1) is 5.92 Å². The molecule has 0 radical (unpaired) electrons. The van der Waals surface area contributed by atoms with Crippen LogP contribution in [0.2, 0.25) is 0 Å². The summed E-state index contributed by atoms with van der Waals surface area (Å²) >= 11 is 1.51. The second-order valence-corrected chi connectivity index (χ2v) is 9.14. The molecule has 176 valence electrons. The van der Waals surface area contributed by atoms with Gasteiger partial charge in [-0.25, -0.2) is 5.84 Å².